The van der Waals surface area contributed by atoms with Gasteiger partial charge in [0, 0.05) is 29.5 Å². The first kappa shape index (κ1) is 28.0. The number of allylic oxidation sites excluding steroid dienone is 2. The van der Waals surface area contributed by atoms with Crippen molar-refractivity contribution >= 4 is 17.3 Å². The van der Waals surface area contributed by atoms with Crippen molar-refractivity contribution in [3.63, 3.8) is 0 Å². The Morgan fingerprint density at radius 3 is 2.05 bits per heavy atom. The zero-order chi connectivity index (χ0) is 27.9. The lowest BCUT2D eigenvalue weighted by Crippen LogP contribution is -2.49. The van der Waals surface area contributed by atoms with Crippen molar-refractivity contribution in [2.75, 3.05) is 0 Å². The molecule has 3 rings (SSSR count). The van der Waals surface area contributed by atoms with Gasteiger partial charge in [-0.1, -0.05) is 44.2 Å². The highest BCUT2D eigenvalue weighted by atomic mass is 16.3. The quantitative estimate of drug-likeness (QED) is 0.263. The van der Waals surface area contributed by atoms with Gasteiger partial charge in [0.05, 0.1) is 10.8 Å². The van der Waals surface area contributed by atoms with Crippen LogP contribution in [0.1, 0.15) is 81.8 Å². The highest BCUT2D eigenvalue weighted by Crippen LogP contribution is 2.52. The number of benzene rings is 2. The summed E-state index contributed by atoms with van der Waals surface area (Å²) in [5.74, 6) is -4.82. The monoisotopic (exact) mass is 508 g/mol. The molecule has 1 aliphatic rings. The van der Waals surface area contributed by atoms with Crippen molar-refractivity contribution in [3.8, 4) is 17.2 Å². The molecule has 0 heterocycles. The molecular formula is C30H36O7. The second kappa shape index (κ2) is 10.0. The molecule has 0 spiro atoms. The normalized spacial score (nSPS) is 17.8. The summed E-state index contributed by atoms with van der Waals surface area (Å²) in [4.78, 5) is 39.8. The summed E-state index contributed by atoms with van der Waals surface area (Å²) < 4.78 is 0. The minimum atomic E-state index is -1.45. The molecule has 198 valence electrons. The number of carbonyl (C=O) groups excluding carboxylic acids is 3. The van der Waals surface area contributed by atoms with Crippen LogP contribution in [0.4, 0.5) is 0 Å². The fraction of sp³-hybridized carbons (Fsp3) is 0.433. The van der Waals surface area contributed by atoms with Gasteiger partial charge in [0.25, 0.3) is 0 Å². The third-order valence-electron chi connectivity index (χ3n) is 7.26. The summed E-state index contributed by atoms with van der Waals surface area (Å²) in [6.07, 6.45) is 0.583. The first-order valence-electron chi connectivity index (χ1n) is 12.5. The summed E-state index contributed by atoms with van der Waals surface area (Å²) in [7, 11) is 0. The van der Waals surface area contributed by atoms with Crippen LogP contribution in [0, 0.1) is 16.7 Å². The fourth-order valence-electron chi connectivity index (χ4n) is 5.25. The van der Waals surface area contributed by atoms with Crippen molar-refractivity contribution < 1.29 is 34.8 Å². The number of aromatic hydroxyl groups is 3. The SMILES string of the molecule is CC(C)C[C@@H](C1=C(O)C(C)(C)C(=O)C(C)(C)C1=O)c1c(O)cc(O)c(C(=O)CCc2ccccc2)c1O. The molecule has 0 radical (unpaired) electrons. The van der Waals surface area contributed by atoms with Crippen LogP contribution in [-0.4, -0.2) is 37.8 Å². The maximum atomic E-state index is 13.6. The van der Waals surface area contributed by atoms with E-state index in [9.17, 15) is 34.8 Å². The van der Waals surface area contributed by atoms with Gasteiger partial charge < -0.3 is 20.4 Å². The van der Waals surface area contributed by atoms with Gasteiger partial charge in [0.2, 0.25) is 0 Å². The van der Waals surface area contributed by atoms with Crippen molar-refractivity contribution in [2.45, 2.75) is 66.7 Å². The predicted molar refractivity (Wildman–Crippen MR) is 140 cm³/mol. The second-order valence-corrected chi connectivity index (χ2v) is 11.3. The Morgan fingerprint density at radius 1 is 0.892 bits per heavy atom. The minimum Gasteiger partial charge on any atom is -0.511 e. The minimum absolute atomic E-state index is 0.00830. The molecule has 0 unspecified atom stereocenters. The van der Waals surface area contributed by atoms with Crippen LogP contribution in [0.25, 0.3) is 0 Å². The molecule has 2 aromatic carbocycles. The van der Waals surface area contributed by atoms with E-state index in [4.69, 9.17) is 0 Å². The van der Waals surface area contributed by atoms with Crippen LogP contribution in [-0.2, 0) is 16.0 Å². The van der Waals surface area contributed by atoms with Gasteiger partial charge in [0.1, 0.15) is 28.6 Å². The number of aliphatic hydroxyl groups excluding tert-OH is 1. The Kier molecular flexibility index (Phi) is 7.59. The maximum absolute atomic E-state index is 13.6. The number of rotatable bonds is 8. The standard InChI is InChI=1S/C30H36O7/c1-16(2)14-18(23-26(35)29(3,4)28(37)30(5,6)27(23)36)22-20(32)15-21(33)24(25(22)34)19(31)13-12-17-10-8-7-9-11-17/h7-11,15-16,18,32-35H,12-14H2,1-6H3/t18-/m1/s1. The molecule has 0 saturated carbocycles. The summed E-state index contributed by atoms with van der Waals surface area (Å²) >= 11 is 0. The van der Waals surface area contributed by atoms with E-state index in [0.29, 0.717) is 6.42 Å². The summed E-state index contributed by atoms with van der Waals surface area (Å²) in [6.45, 7) is 9.79. The Hall–Kier alpha value is -3.61. The zero-order valence-electron chi connectivity index (χ0n) is 22.3. The summed E-state index contributed by atoms with van der Waals surface area (Å²) in [5.41, 5.74) is -2.48. The van der Waals surface area contributed by atoms with Crippen LogP contribution >= 0.6 is 0 Å². The second-order valence-electron chi connectivity index (χ2n) is 11.3. The van der Waals surface area contributed by atoms with E-state index < -0.39 is 57.1 Å². The molecule has 2 aromatic rings. The topological polar surface area (TPSA) is 132 Å². The number of ketones is 3. The van der Waals surface area contributed by atoms with Crippen molar-refractivity contribution in [1.82, 2.24) is 0 Å². The Bertz CT molecular complexity index is 1270. The smallest absolute Gasteiger partial charge is 0.175 e. The van der Waals surface area contributed by atoms with Crippen LogP contribution in [0.3, 0.4) is 0 Å². The highest BCUT2D eigenvalue weighted by molar-refractivity contribution is 6.19. The zero-order valence-corrected chi connectivity index (χ0v) is 22.3. The molecule has 0 fully saturated rings. The Balaban J connectivity index is 2.19. The van der Waals surface area contributed by atoms with Crippen LogP contribution in [0.2, 0.25) is 0 Å². The van der Waals surface area contributed by atoms with Crippen LogP contribution in [0.5, 0.6) is 17.2 Å². The van der Waals surface area contributed by atoms with Gasteiger partial charge >= 0.3 is 0 Å². The Labute approximate surface area is 217 Å². The van der Waals surface area contributed by atoms with Gasteiger partial charge in [-0.3, -0.25) is 14.4 Å². The molecule has 7 nitrogen and oxygen atoms in total. The number of hydrogen-bond donors (Lipinski definition) is 4. The molecular weight excluding hydrogens is 472 g/mol. The maximum Gasteiger partial charge on any atom is 0.175 e. The molecule has 0 saturated heterocycles. The van der Waals surface area contributed by atoms with E-state index in [2.05, 4.69) is 0 Å². The van der Waals surface area contributed by atoms with Crippen molar-refractivity contribution in [1.29, 1.82) is 0 Å². The lowest BCUT2D eigenvalue weighted by Gasteiger charge is -2.41. The van der Waals surface area contributed by atoms with Gasteiger partial charge in [-0.25, -0.2) is 0 Å². The number of phenolic OH excluding ortho intramolecular Hbond substituents is 3. The largest absolute Gasteiger partial charge is 0.511 e. The van der Waals surface area contributed by atoms with E-state index in [1.165, 1.54) is 27.7 Å². The molecule has 1 atom stereocenters. The van der Waals surface area contributed by atoms with Crippen molar-refractivity contribution in [2.24, 2.45) is 16.7 Å². The number of hydrogen-bond acceptors (Lipinski definition) is 7. The highest BCUT2D eigenvalue weighted by Gasteiger charge is 2.55. The Morgan fingerprint density at radius 2 is 1.49 bits per heavy atom. The first-order chi connectivity index (χ1) is 17.1. The molecule has 0 aliphatic heterocycles. The average molecular weight is 509 g/mol. The van der Waals surface area contributed by atoms with Crippen LogP contribution < -0.4 is 0 Å². The predicted octanol–water partition coefficient (Wildman–Crippen LogP) is 5.76. The molecule has 1 aliphatic carbocycles. The molecule has 0 aromatic heterocycles. The van der Waals surface area contributed by atoms with Gasteiger partial charge in [-0.2, -0.15) is 0 Å². The molecule has 0 bridgehead atoms. The van der Waals surface area contributed by atoms with Gasteiger partial charge in [0.15, 0.2) is 17.3 Å². The molecule has 0 amide bonds. The third-order valence-corrected chi connectivity index (χ3v) is 7.26. The number of aryl methyl sites for hydroxylation is 1. The fourth-order valence-corrected chi connectivity index (χ4v) is 5.25. The summed E-state index contributed by atoms with van der Waals surface area (Å²) in [5, 5.41) is 43.9. The first-order valence-corrected chi connectivity index (χ1v) is 12.5. The number of Topliss-reactive ketones (excluding diaryl/α,β-unsaturated/α-hetero) is 3. The molecule has 7 heteroatoms. The van der Waals surface area contributed by atoms with E-state index >= 15 is 0 Å². The lowest BCUT2D eigenvalue weighted by atomic mass is 9.60. The van der Waals surface area contributed by atoms with E-state index in [1.807, 2.05) is 44.2 Å². The van der Waals surface area contributed by atoms with Crippen LogP contribution in [0.15, 0.2) is 47.7 Å². The van der Waals surface area contributed by atoms with E-state index in [0.717, 1.165) is 11.6 Å². The van der Waals surface area contributed by atoms with E-state index in [-0.39, 0.29) is 35.5 Å². The number of carbonyl (C=O) groups is 3. The van der Waals surface area contributed by atoms with Crippen molar-refractivity contribution in [3.05, 3.63) is 64.4 Å². The summed E-state index contributed by atoms with van der Waals surface area (Å²) in [6, 6.07) is 10.3. The van der Waals surface area contributed by atoms with Gasteiger partial charge in [-0.15, -0.1) is 0 Å². The lowest BCUT2D eigenvalue weighted by molar-refractivity contribution is -0.144. The average Bonchev–Trinajstić information content (AvgIpc) is 2.81. The molecule has 37 heavy (non-hydrogen) atoms. The third kappa shape index (κ3) is 4.99. The van der Waals surface area contributed by atoms with Gasteiger partial charge in [-0.05, 0) is 52.0 Å². The van der Waals surface area contributed by atoms with E-state index in [1.54, 1.807) is 0 Å². The number of phenols is 3. The molecule has 4 N–H and O–H groups in total. The number of aliphatic hydroxyl groups is 1.